The van der Waals surface area contributed by atoms with E-state index in [9.17, 15) is 5.11 Å². The van der Waals surface area contributed by atoms with E-state index in [1.807, 2.05) is 13.0 Å². The smallest absolute Gasteiger partial charge is 0.229 e. The summed E-state index contributed by atoms with van der Waals surface area (Å²) in [5.74, 6) is 0.870. The summed E-state index contributed by atoms with van der Waals surface area (Å²) in [6, 6.07) is 1.82. The molecule has 6 nitrogen and oxygen atoms in total. The van der Waals surface area contributed by atoms with Gasteiger partial charge in [0.1, 0.15) is 0 Å². The topological polar surface area (TPSA) is 98.1 Å². The maximum Gasteiger partial charge on any atom is 0.229 e. The van der Waals surface area contributed by atoms with E-state index in [1.54, 1.807) is 19.3 Å². The van der Waals surface area contributed by atoms with Crippen LogP contribution in [0.5, 0.6) is 0 Å². The van der Waals surface area contributed by atoms with Crippen molar-refractivity contribution in [3.05, 3.63) is 29.9 Å². The summed E-state index contributed by atoms with van der Waals surface area (Å²) >= 11 is 0. The lowest BCUT2D eigenvalue weighted by Crippen LogP contribution is -2.36. The van der Waals surface area contributed by atoms with E-state index in [1.165, 1.54) is 0 Å². The molecule has 0 spiro atoms. The molecule has 1 atom stereocenters. The van der Waals surface area contributed by atoms with Crippen LogP contribution in [0.4, 0.5) is 0 Å². The molecule has 3 N–H and O–H groups in total. The van der Waals surface area contributed by atoms with Gasteiger partial charge in [-0.2, -0.15) is 4.98 Å². The van der Waals surface area contributed by atoms with Crippen LogP contribution in [0, 0.1) is 6.92 Å². The maximum atomic E-state index is 9.85. The average molecular weight is 248 g/mol. The molecule has 2 heterocycles. The van der Waals surface area contributed by atoms with E-state index in [4.69, 9.17) is 10.3 Å². The maximum absolute atomic E-state index is 9.85. The first-order valence-electron chi connectivity index (χ1n) is 5.68. The van der Waals surface area contributed by atoms with Gasteiger partial charge in [-0.1, -0.05) is 5.16 Å². The van der Waals surface area contributed by atoms with E-state index in [0.29, 0.717) is 11.7 Å². The number of aryl methyl sites for hydroxylation is 1. The molecule has 0 saturated carbocycles. The minimum Gasteiger partial charge on any atom is -0.388 e. The normalized spacial score (nSPS) is 14.4. The first kappa shape index (κ1) is 12.7. The second-order valence-electron chi connectivity index (χ2n) is 4.58. The highest BCUT2D eigenvalue weighted by atomic mass is 16.5. The number of pyridine rings is 1. The zero-order valence-electron chi connectivity index (χ0n) is 10.4. The Labute approximate surface area is 105 Å². The Kier molecular flexibility index (Phi) is 3.40. The molecule has 0 radical (unpaired) electrons. The van der Waals surface area contributed by atoms with Crippen molar-refractivity contribution in [3.63, 3.8) is 0 Å². The monoisotopic (exact) mass is 248 g/mol. The van der Waals surface area contributed by atoms with Gasteiger partial charge >= 0.3 is 0 Å². The van der Waals surface area contributed by atoms with Crippen molar-refractivity contribution in [1.82, 2.24) is 15.1 Å². The van der Waals surface area contributed by atoms with E-state index >= 15 is 0 Å². The number of rotatable bonds is 4. The van der Waals surface area contributed by atoms with Gasteiger partial charge in [0, 0.05) is 24.5 Å². The summed E-state index contributed by atoms with van der Waals surface area (Å²) in [4.78, 5) is 8.26. The summed E-state index contributed by atoms with van der Waals surface area (Å²) < 4.78 is 5.11. The molecule has 6 heteroatoms. The van der Waals surface area contributed by atoms with Crippen LogP contribution in [0.2, 0.25) is 0 Å². The van der Waals surface area contributed by atoms with Gasteiger partial charge in [-0.05, 0) is 25.5 Å². The Morgan fingerprint density at radius 3 is 2.94 bits per heavy atom. The Hall–Kier alpha value is -1.79. The second-order valence-corrected chi connectivity index (χ2v) is 4.58. The third kappa shape index (κ3) is 2.72. The molecule has 0 saturated heterocycles. The fraction of sp³-hybridized carbons (Fsp3) is 0.417. The lowest BCUT2D eigenvalue weighted by atomic mass is 10.0. The second kappa shape index (κ2) is 4.83. The van der Waals surface area contributed by atoms with Crippen LogP contribution in [-0.4, -0.2) is 32.4 Å². The molecule has 0 amide bonds. The van der Waals surface area contributed by atoms with Gasteiger partial charge in [0.2, 0.25) is 11.7 Å². The molecule has 2 aromatic rings. The average Bonchev–Trinajstić information content (AvgIpc) is 2.77. The van der Waals surface area contributed by atoms with Gasteiger partial charge in [0.05, 0.1) is 12.0 Å². The summed E-state index contributed by atoms with van der Waals surface area (Å²) in [6.07, 6.45) is 3.65. The molecule has 2 aromatic heterocycles. The van der Waals surface area contributed by atoms with Crippen molar-refractivity contribution in [3.8, 4) is 11.4 Å². The Balaban J connectivity index is 2.24. The SMILES string of the molecule is Cc1cnccc1-c1noc(CC(C)(O)CN)n1. The highest BCUT2D eigenvalue weighted by Gasteiger charge is 2.23. The van der Waals surface area contributed by atoms with Crippen LogP contribution in [0.3, 0.4) is 0 Å². The summed E-state index contributed by atoms with van der Waals surface area (Å²) in [6.45, 7) is 3.70. The third-order valence-corrected chi connectivity index (χ3v) is 2.70. The summed E-state index contributed by atoms with van der Waals surface area (Å²) in [7, 11) is 0. The van der Waals surface area contributed by atoms with Crippen molar-refractivity contribution in [2.24, 2.45) is 5.73 Å². The van der Waals surface area contributed by atoms with Gasteiger partial charge in [0.15, 0.2) is 0 Å². The van der Waals surface area contributed by atoms with Crippen molar-refractivity contribution >= 4 is 0 Å². The first-order valence-corrected chi connectivity index (χ1v) is 5.68. The fourth-order valence-electron chi connectivity index (χ4n) is 1.56. The molecule has 1 unspecified atom stereocenters. The van der Waals surface area contributed by atoms with Crippen LogP contribution >= 0.6 is 0 Å². The lowest BCUT2D eigenvalue weighted by molar-refractivity contribution is 0.0610. The summed E-state index contributed by atoms with van der Waals surface area (Å²) in [5.41, 5.74) is 6.25. The largest absolute Gasteiger partial charge is 0.388 e. The number of aromatic nitrogens is 3. The molecule has 18 heavy (non-hydrogen) atoms. The quantitative estimate of drug-likeness (QED) is 0.826. The number of hydrogen-bond acceptors (Lipinski definition) is 6. The van der Waals surface area contributed by atoms with Crippen LogP contribution in [-0.2, 0) is 6.42 Å². The van der Waals surface area contributed by atoms with E-state index in [0.717, 1.165) is 11.1 Å². The molecule has 0 aromatic carbocycles. The predicted octanol–water partition coefficient (Wildman–Crippen LogP) is 0.692. The number of hydrogen-bond donors (Lipinski definition) is 2. The molecule has 2 rings (SSSR count). The molecule has 0 aliphatic heterocycles. The van der Waals surface area contributed by atoms with Crippen molar-refractivity contribution < 1.29 is 9.63 Å². The zero-order valence-corrected chi connectivity index (χ0v) is 10.4. The van der Waals surface area contributed by atoms with Crippen LogP contribution in [0.1, 0.15) is 18.4 Å². The molecule has 96 valence electrons. The van der Waals surface area contributed by atoms with Crippen LogP contribution < -0.4 is 5.73 Å². The van der Waals surface area contributed by atoms with Gasteiger partial charge < -0.3 is 15.4 Å². The molecule has 0 aliphatic carbocycles. The molecule has 0 bridgehead atoms. The van der Waals surface area contributed by atoms with Gasteiger partial charge in [-0.3, -0.25) is 4.98 Å². The number of nitrogens with zero attached hydrogens (tertiary/aromatic N) is 3. The standard InChI is InChI=1S/C12H16N4O2/c1-8-6-14-4-3-9(8)11-15-10(18-16-11)5-12(2,17)7-13/h3-4,6,17H,5,7,13H2,1-2H3. The highest BCUT2D eigenvalue weighted by molar-refractivity contribution is 5.57. The Morgan fingerprint density at radius 2 is 2.28 bits per heavy atom. The van der Waals surface area contributed by atoms with E-state index in [2.05, 4.69) is 15.1 Å². The molecule has 0 fully saturated rings. The summed E-state index contributed by atoms with van der Waals surface area (Å²) in [5, 5.41) is 13.7. The molecular weight excluding hydrogens is 232 g/mol. The van der Waals surface area contributed by atoms with Crippen molar-refractivity contribution in [1.29, 1.82) is 0 Å². The predicted molar refractivity (Wildman–Crippen MR) is 65.6 cm³/mol. The third-order valence-electron chi connectivity index (χ3n) is 2.70. The van der Waals surface area contributed by atoms with Crippen molar-refractivity contribution in [2.45, 2.75) is 25.9 Å². The minimum atomic E-state index is -1.03. The van der Waals surface area contributed by atoms with Crippen LogP contribution in [0.25, 0.3) is 11.4 Å². The van der Waals surface area contributed by atoms with Gasteiger partial charge in [0.25, 0.3) is 0 Å². The van der Waals surface area contributed by atoms with E-state index < -0.39 is 5.60 Å². The van der Waals surface area contributed by atoms with E-state index in [-0.39, 0.29) is 13.0 Å². The van der Waals surface area contributed by atoms with Crippen molar-refractivity contribution in [2.75, 3.05) is 6.54 Å². The lowest BCUT2D eigenvalue weighted by Gasteiger charge is -2.17. The van der Waals surface area contributed by atoms with Crippen LogP contribution in [0.15, 0.2) is 23.0 Å². The first-order chi connectivity index (χ1) is 8.52. The Morgan fingerprint density at radius 1 is 1.50 bits per heavy atom. The minimum absolute atomic E-state index is 0.138. The number of nitrogens with two attached hydrogens (primary N) is 1. The molecule has 0 aliphatic rings. The Bertz CT molecular complexity index is 536. The molecular formula is C12H16N4O2. The highest BCUT2D eigenvalue weighted by Crippen LogP contribution is 2.20. The zero-order chi connectivity index (χ0) is 13.2. The number of aliphatic hydroxyl groups is 1. The fourth-order valence-corrected chi connectivity index (χ4v) is 1.56. The van der Waals surface area contributed by atoms with Gasteiger partial charge in [-0.15, -0.1) is 0 Å². The van der Waals surface area contributed by atoms with Gasteiger partial charge in [-0.25, -0.2) is 0 Å².